The van der Waals surface area contributed by atoms with Gasteiger partial charge in [-0.3, -0.25) is 4.79 Å². The van der Waals surface area contributed by atoms with Crippen molar-refractivity contribution in [2.24, 2.45) is 0 Å². The van der Waals surface area contributed by atoms with Crippen molar-refractivity contribution in [2.45, 2.75) is 19.4 Å². The Morgan fingerprint density at radius 3 is 2.68 bits per heavy atom. The van der Waals surface area contributed by atoms with Gasteiger partial charge in [0.05, 0.1) is 14.2 Å². The highest BCUT2D eigenvalue weighted by atomic mass is 16.5. The van der Waals surface area contributed by atoms with Crippen molar-refractivity contribution < 1.29 is 23.8 Å². The van der Waals surface area contributed by atoms with Crippen molar-refractivity contribution >= 4 is 23.6 Å². The smallest absolute Gasteiger partial charge is 0.331 e. The molecule has 0 aromatic heterocycles. The van der Waals surface area contributed by atoms with Gasteiger partial charge in [-0.25, -0.2) is 4.79 Å². The number of benzene rings is 2. The highest BCUT2D eigenvalue weighted by Crippen LogP contribution is 2.31. The number of amides is 1. The minimum atomic E-state index is -0.599. The summed E-state index contributed by atoms with van der Waals surface area (Å²) in [5, 5.41) is 0. The number of esters is 1. The number of carbonyl (C=O) groups is 2. The first-order valence-electron chi connectivity index (χ1n) is 9.00. The van der Waals surface area contributed by atoms with Gasteiger partial charge in [0.25, 0.3) is 5.91 Å². The molecule has 1 aliphatic heterocycles. The summed E-state index contributed by atoms with van der Waals surface area (Å²) in [7, 11) is 3.11. The van der Waals surface area contributed by atoms with Crippen LogP contribution in [0.25, 0.3) is 6.08 Å². The zero-order valence-electron chi connectivity index (χ0n) is 16.2. The number of hydrogen-bond donors (Lipinski definition) is 0. The van der Waals surface area contributed by atoms with Gasteiger partial charge in [-0.05, 0) is 49.2 Å². The predicted octanol–water partition coefficient (Wildman–Crippen LogP) is 3.24. The molecule has 0 saturated heterocycles. The second-order valence-electron chi connectivity index (χ2n) is 6.49. The Labute approximate surface area is 164 Å². The molecule has 0 aliphatic carbocycles. The fraction of sp³-hybridized carbons (Fsp3) is 0.273. The lowest BCUT2D eigenvalue weighted by Crippen LogP contribution is -2.38. The highest BCUT2D eigenvalue weighted by Gasteiger charge is 2.30. The van der Waals surface area contributed by atoms with E-state index < -0.39 is 5.97 Å². The van der Waals surface area contributed by atoms with Gasteiger partial charge in [-0.15, -0.1) is 0 Å². The third-order valence-corrected chi connectivity index (χ3v) is 4.65. The molecule has 0 bridgehead atoms. The van der Waals surface area contributed by atoms with Crippen molar-refractivity contribution in [1.82, 2.24) is 0 Å². The van der Waals surface area contributed by atoms with Crippen LogP contribution in [0, 0.1) is 0 Å². The molecule has 146 valence electrons. The van der Waals surface area contributed by atoms with Crippen molar-refractivity contribution in [3.63, 3.8) is 0 Å². The number of fused-ring (bicyclic) bond motifs is 1. The fourth-order valence-corrected chi connectivity index (χ4v) is 3.32. The zero-order valence-corrected chi connectivity index (χ0v) is 16.2. The summed E-state index contributed by atoms with van der Waals surface area (Å²) in [6.07, 6.45) is 3.64. The van der Waals surface area contributed by atoms with E-state index in [0.717, 1.165) is 17.7 Å². The molecule has 3 rings (SSSR count). The van der Waals surface area contributed by atoms with Crippen LogP contribution in [0.5, 0.6) is 11.5 Å². The number of rotatable bonds is 6. The number of methoxy groups -OCH3 is 2. The molecule has 0 N–H and O–H groups in total. The van der Waals surface area contributed by atoms with Crippen LogP contribution in [0.1, 0.15) is 18.1 Å². The average Bonchev–Trinajstić information content (AvgIpc) is 3.05. The maximum Gasteiger partial charge on any atom is 0.331 e. The van der Waals surface area contributed by atoms with E-state index in [0.29, 0.717) is 17.1 Å². The van der Waals surface area contributed by atoms with E-state index in [1.54, 1.807) is 43.4 Å². The lowest BCUT2D eigenvalue weighted by Gasteiger charge is -2.22. The summed E-state index contributed by atoms with van der Waals surface area (Å²) >= 11 is 0. The molecule has 6 heteroatoms. The molecular weight excluding hydrogens is 358 g/mol. The largest absolute Gasteiger partial charge is 0.497 e. The van der Waals surface area contributed by atoms with Gasteiger partial charge < -0.3 is 19.1 Å². The van der Waals surface area contributed by atoms with Crippen LogP contribution in [0.3, 0.4) is 0 Å². The van der Waals surface area contributed by atoms with E-state index in [9.17, 15) is 9.59 Å². The minimum Gasteiger partial charge on any atom is -0.497 e. The Kier molecular flexibility index (Phi) is 5.99. The summed E-state index contributed by atoms with van der Waals surface area (Å²) in [4.78, 5) is 26.3. The van der Waals surface area contributed by atoms with E-state index in [1.165, 1.54) is 6.08 Å². The number of hydrogen-bond acceptors (Lipinski definition) is 5. The standard InChI is InChI=1S/C22H23NO5/c1-15-12-16-6-4-5-7-19(16)23(15)21(24)14-28-22(25)11-8-17-13-18(26-2)9-10-20(17)27-3/h4-11,13,15H,12,14H2,1-3H3/b11-8+. The molecule has 1 heterocycles. The first-order chi connectivity index (χ1) is 13.5. The van der Waals surface area contributed by atoms with E-state index in [2.05, 4.69) is 0 Å². The molecule has 2 aromatic carbocycles. The van der Waals surface area contributed by atoms with Gasteiger partial charge >= 0.3 is 5.97 Å². The number of para-hydroxylation sites is 1. The van der Waals surface area contributed by atoms with Crippen molar-refractivity contribution in [1.29, 1.82) is 0 Å². The SMILES string of the molecule is COc1ccc(OC)c(/C=C/C(=O)OCC(=O)N2c3ccccc3CC2C)c1. The summed E-state index contributed by atoms with van der Waals surface area (Å²) in [5.41, 5.74) is 2.68. The Morgan fingerprint density at radius 1 is 1.14 bits per heavy atom. The van der Waals surface area contributed by atoms with Crippen LogP contribution in [-0.2, 0) is 20.7 Å². The molecule has 0 spiro atoms. The second-order valence-corrected chi connectivity index (χ2v) is 6.49. The third kappa shape index (κ3) is 4.17. The van der Waals surface area contributed by atoms with Crippen molar-refractivity contribution in [3.05, 3.63) is 59.7 Å². The van der Waals surface area contributed by atoms with E-state index in [1.807, 2.05) is 31.2 Å². The van der Waals surface area contributed by atoms with Gasteiger partial charge in [0.1, 0.15) is 11.5 Å². The van der Waals surface area contributed by atoms with E-state index in [-0.39, 0.29) is 18.6 Å². The van der Waals surface area contributed by atoms with Crippen LogP contribution in [0.2, 0.25) is 0 Å². The molecule has 6 nitrogen and oxygen atoms in total. The normalized spacial score (nSPS) is 15.4. The summed E-state index contributed by atoms with van der Waals surface area (Å²) < 4.78 is 15.6. The predicted molar refractivity (Wildman–Crippen MR) is 107 cm³/mol. The molecule has 1 amide bonds. The van der Waals surface area contributed by atoms with Gasteiger partial charge in [0.15, 0.2) is 6.61 Å². The molecule has 1 atom stereocenters. The Balaban J connectivity index is 1.62. The van der Waals surface area contributed by atoms with Crippen molar-refractivity contribution in [2.75, 3.05) is 25.7 Å². The summed E-state index contributed by atoms with van der Waals surface area (Å²) in [5.74, 6) is 0.408. The van der Waals surface area contributed by atoms with E-state index >= 15 is 0 Å². The maximum absolute atomic E-state index is 12.6. The van der Waals surface area contributed by atoms with Crippen LogP contribution < -0.4 is 14.4 Å². The molecule has 2 aromatic rings. The van der Waals surface area contributed by atoms with Gasteiger partial charge in [0, 0.05) is 23.4 Å². The Bertz CT molecular complexity index is 906. The lowest BCUT2D eigenvalue weighted by molar-refractivity contribution is -0.143. The second kappa shape index (κ2) is 8.61. The Morgan fingerprint density at radius 2 is 1.93 bits per heavy atom. The van der Waals surface area contributed by atoms with Crippen LogP contribution >= 0.6 is 0 Å². The number of nitrogens with zero attached hydrogens (tertiary/aromatic N) is 1. The molecule has 0 fully saturated rings. The molecule has 28 heavy (non-hydrogen) atoms. The van der Waals surface area contributed by atoms with Crippen LogP contribution in [0.15, 0.2) is 48.5 Å². The Hall–Kier alpha value is -3.28. The number of anilines is 1. The fourth-order valence-electron chi connectivity index (χ4n) is 3.32. The minimum absolute atomic E-state index is 0.0418. The van der Waals surface area contributed by atoms with Crippen molar-refractivity contribution in [3.8, 4) is 11.5 Å². The molecule has 1 aliphatic rings. The maximum atomic E-state index is 12.6. The number of carbonyl (C=O) groups excluding carboxylic acids is 2. The average molecular weight is 381 g/mol. The monoisotopic (exact) mass is 381 g/mol. The van der Waals surface area contributed by atoms with E-state index in [4.69, 9.17) is 14.2 Å². The molecular formula is C22H23NO5. The summed E-state index contributed by atoms with van der Waals surface area (Å²) in [6.45, 7) is 1.67. The molecule has 0 saturated carbocycles. The molecule has 0 radical (unpaired) electrons. The summed E-state index contributed by atoms with van der Waals surface area (Å²) in [6, 6.07) is 13.1. The first-order valence-corrected chi connectivity index (χ1v) is 9.00. The van der Waals surface area contributed by atoms with Gasteiger partial charge in [0.2, 0.25) is 0 Å². The van der Waals surface area contributed by atoms with Gasteiger partial charge in [-0.2, -0.15) is 0 Å². The topological polar surface area (TPSA) is 65.1 Å². The zero-order chi connectivity index (χ0) is 20.1. The first kappa shape index (κ1) is 19.5. The molecule has 1 unspecified atom stereocenters. The van der Waals surface area contributed by atoms with Crippen LogP contribution in [0.4, 0.5) is 5.69 Å². The highest BCUT2D eigenvalue weighted by molar-refractivity contribution is 5.98. The van der Waals surface area contributed by atoms with Crippen LogP contribution in [-0.4, -0.2) is 38.7 Å². The van der Waals surface area contributed by atoms with Gasteiger partial charge in [-0.1, -0.05) is 18.2 Å². The lowest BCUT2D eigenvalue weighted by atomic mass is 10.1. The third-order valence-electron chi connectivity index (χ3n) is 4.65. The quantitative estimate of drug-likeness (QED) is 0.568. The number of ether oxygens (including phenoxy) is 3.